The molecule has 4 rings (SSSR count). The zero-order valence-electron chi connectivity index (χ0n) is 15.1. The zero-order chi connectivity index (χ0) is 19.1. The van der Waals surface area contributed by atoms with E-state index in [1.807, 2.05) is 0 Å². The number of methoxy groups -OCH3 is 2. The first-order valence-electron chi connectivity index (χ1n) is 8.73. The summed E-state index contributed by atoms with van der Waals surface area (Å²) in [7, 11) is 3.12. The normalized spacial score (nSPS) is 25.8. The van der Waals surface area contributed by atoms with Crippen molar-refractivity contribution in [2.24, 2.45) is 23.5 Å². The SMILES string of the molecule is COCC1C2C(=O)NC(COc3nccc4cc(C(N)=O)c(OC)cc34)C12. The van der Waals surface area contributed by atoms with Crippen LogP contribution < -0.4 is 20.5 Å². The molecule has 8 heteroatoms. The molecule has 1 aliphatic heterocycles. The van der Waals surface area contributed by atoms with Crippen LogP contribution in [0.5, 0.6) is 11.6 Å². The van der Waals surface area contributed by atoms with Crippen LogP contribution in [0.2, 0.25) is 0 Å². The highest BCUT2D eigenvalue weighted by Crippen LogP contribution is 2.52. The number of aromatic nitrogens is 1. The van der Waals surface area contributed by atoms with Crippen LogP contribution in [-0.2, 0) is 9.53 Å². The molecule has 142 valence electrons. The molecule has 2 aromatic rings. The van der Waals surface area contributed by atoms with Crippen LogP contribution in [0, 0.1) is 17.8 Å². The van der Waals surface area contributed by atoms with Gasteiger partial charge in [0.2, 0.25) is 11.8 Å². The number of pyridine rings is 1. The Kier molecular flexibility index (Phi) is 4.35. The van der Waals surface area contributed by atoms with Crippen LogP contribution in [0.25, 0.3) is 10.8 Å². The average Bonchev–Trinajstić information content (AvgIpc) is 3.27. The Morgan fingerprint density at radius 1 is 1.30 bits per heavy atom. The molecule has 4 atom stereocenters. The number of carbonyl (C=O) groups is 2. The van der Waals surface area contributed by atoms with Gasteiger partial charge in [-0.1, -0.05) is 0 Å². The molecule has 1 aliphatic carbocycles. The Morgan fingerprint density at radius 3 is 2.81 bits per heavy atom. The third-order valence-corrected chi connectivity index (χ3v) is 5.40. The third kappa shape index (κ3) is 2.95. The maximum absolute atomic E-state index is 12.0. The van der Waals surface area contributed by atoms with Gasteiger partial charge in [0.15, 0.2) is 0 Å². The van der Waals surface area contributed by atoms with Crippen LogP contribution in [0.1, 0.15) is 10.4 Å². The van der Waals surface area contributed by atoms with Gasteiger partial charge in [-0.3, -0.25) is 9.59 Å². The quantitative estimate of drug-likeness (QED) is 0.742. The van der Waals surface area contributed by atoms with Crippen molar-refractivity contribution in [3.8, 4) is 11.6 Å². The van der Waals surface area contributed by atoms with Crippen LogP contribution in [0.3, 0.4) is 0 Å². The zero-order valence-corrected chi connectivity index (χ0v) is 15.1. The number of hydrogen-bond acceptors (Lipinski definition) is 6. The van der Waals surface area contributed by atoms with Gasteiger partial charge in [0.05, 0.1) is 25.3 Å². The van der Waals surface area contributed by atoms with E-state index in [0.29, 0.717) is 35.8 Å². The molecule has 0 radical (unpaired) electrons. The summed E-state index contributed by atoms with van der Waals surface area (Å²) in [6, 6.07) is 5.07. The number of nitrogens with zero attached hydrogens (tertiary/aromatic N) is 1. The van der Waals surface area contributed by atoms with E-state index in [-0.39, 0.29) is 29.7 Å². The van der Waals surface area contributed by atoms with E-state index in [2.05, 4.69) is 10.3 Å². The van der Waals surface area contributed by atoms with Crippen molar-refractivity contribution in [3.05, 3.63) is 30.0 Å². The first kappa shape index (κ1) is 17.5. The molecule has 8 nitrogen and oxygen atoms in total. The molecule has 3 N–H and O–H groups in total. The molecular weight excluding hydrogens is 350 g/mol. The smallest absolute Gasteiger partial charge is 0.252 e. The van der Waals surface area contributed by atoms with Crippen LogP contribution in [0.4, 0.5) is 0 Å². The minimum Gasteiger partial charge on any atom is -0.496 e. The predicted molar refractivity (Wildman–Crippen MR) is 96.6 cm³/mol. The lowest BCUT2D eigenvalue weighted by Gasteiger charge is -2.17. The Morgan fingerprint density at radius 2 is 2.11 bits per heavy atom. The van der Waals surface area contributed by atoms with Crippen LogP contribution >= 0.6 is 0 Å². The summed E-state index contributed by atoms with van der Waals surface area (Å²) in [6.45, 7) is 0.901. The summed E-state index contributed by atoms with van der Waals surface area (Å²) in [5.41, 5.74) is 5.71. The van der Waals surface area contributed by atoms with Gasteiger partial charge < -0.3 is 25.3 Å². The minimum absolute atomic E-state index is 0.0252. The van der Waals surface area contributed by atoms with Gasteiger partial charge in [0.1, 0.15) is 12.4 Å². The van der Waals surface area contributed by atoms with Crippen LogP contribution in [0.15, 0.2) is 24.4 Å². The molecular formula is C19H21N3O5. The molecule has 0 bridgehead atoms. The molecule has 1 aromatic heterocycles. The fourth-order valence-corrected chi connectivity index (χ4v) is 4.07. The number of nitrogens with two attached hydrogens (primary N) is 1. The molecule has 1 aromatic carbocycles. The standard InChI is InChI=1S/C19H21N3O5/c1-25-7-12-15-13(22-18(24)16(12)15)8-27-19-10-6-14(26-2)11(17(20)23)5-9(10)3-4-21-19/h3-6,12-13,15-16H,7-8H2,1-2H3,(H2,20,23)(H,22,24). The lowest BCUT2D eigenvalue weighted by molar-refractivity contribution is -0.122. The van der Waals surface area contributed by atoms with E-state index in [4.69, 9.17) is 19.9 Å². The number of rotatable bonds is 7. The van der Waals surface area contributed by atoms with Crippen molar-refractivity contribution in [1.82, 2.24) is 10.3 Å². The predicted octanol–water partition coefficient (Wildman–Crippen LogP) is 0.728. The van der Waals surface area contributed by atoms with E-state index in [1.165, 1.54) is 7.11 Å². The number of primary amides is 1. The maximum atomic E-state index is 12.0. The molecule has 27 heavy (non-hydrogen) atoms. The number of hydrogen-bond donors (Lipinski definition) is 2. The summed E-state index contributed by atoms with van der Waals surface area (Å²) in [5.74, 6) is 0.810. The third-order valence-electron chi connectivity index (χ3n) is 5.40. The second-order valence-corrected chi connectivity index (χ2v) is 6.90. The summed E-state index contributed by atoms with van der Waals surface area (Å²) in [4.78, 5) is 27.9. The molecule has 1 saturated carbocycles. The van der Waals surface area contributed by atoms with Crippen molar-refractivity contribution in [1.29, 1.82) is 0 Å². The average molecular weight is 371 g/mol. The highest BCUT2D eigenvalue weighted by Gasteiger charge is 2.63. The number of amides is 2. The van der Waals surface area contributed by atoms with Gasteiger partial charge in [0.25, 0.3) is 5.91 Å². The minimum atomic E-state index is -0.564. The second-order valence-electron chi connectivity index (χ2n) is 6.90. The molecule has 1 saturated heterocycles. The first-order valence-corrected chi connectivity index (χ1v) is 8.73. The van der Waals surface area contributed by atoms with Gasteiger partial charge >= 0.3 is 0 Å². The molecule has 2 amide bonds. The Bertz CT molecular complexity index is 916. The van der Waals surface area contributed by atoms with Gasteiger partial charge in [-0.25, -0.2) is 4.98 Å². The topological polar surface area (TPSA) is 113 Å². The second kappa shape index (κ2) is 6.70. The van der Waals surface area contributed by atoms with Crippen molar-refractivity contribution >= 4 is 22.6 Å². The van der Waals surface area contributed by atoms with E-state index >= 15 is 0 Å². The number of ether oxygens (including phenoxy) is 3. The summed E-state index contributed by atoms with van der Waals surface area (Å²) in [5, 5.41) is 4.46. The fourth-order valence-electron chi connectivity index (χ4n) is 4.07. The van der Waals surface area contributed by atoms with Crippen molar-refractivity contribution in [3.63, 3.8) is 0 Å². The molecule has 2 heterocycles. The van der Waals surface area contributed by atoms with E-state index in [9.17, 15) is 9.59 Å². The van der Waals surface area contributed by atoms with E-state index < -0.39 is 5.91 Å². The molecule has 2 fully saturated rings. The number of nitrogens with one attached hydrogen (secondary N) is 1. The van der Waals surface area contributed by atoms with Crippen LogP contribution in [-0.4, -0.2) is 50.3 Å². The lowest BCUT2D eigenvalue weighted by Crippen LogP contribution is -2.37. The summed E-state index contributed by atoms with van der Waals surface area (Å²) >= 11 is 0. The van der Waals surface area contributed by atoms with Crippen molar-refractivity contribution in [2.45, 2.75) is 6.04 Å². The van der Waals surface area contributed by atoms with Crippen molar-refractivity contribution in [2.75, 3.05) is 27.4 Å². The van der Waals surface area contributed by atoms with Gasteiger partial charge in [-0.15, -0.1) is 0 Å². The molecule has 4 unspecified atom stereocenters. The highest BCUT2D eigenvalue weighted by atomic mass is 16.5. The van der Waals surface area contributed by atoms with E-state index in [1.54, 1.807) is 31.5 Å². The van der Waals surface area contributed by atoms with Gasteiger partial charge in [-0.05, 0) is 29.5 Å². The Hall–Kier alpha value is -2.87. The van der Waals surface area contributed by atoms with Crippen molar-refractivity contribution < 1.29 is 23.8 Å². The fraction of sp³-hybridized carbons (Fsp3) is 0.421. The number of benzene rings is 1. The monoisotopic (exact) mass is 371 g/mol. The number of carbonyl (C=O) groups excluding carboxylic acids is 2. The largest absolute Gasteiger partial charge is 0.496 e. The maximum Gasteiger partial charge on any atom is 0.252 e. The highest BCUT2D eigenvalue weighted by molar-refractivity contribution is 6.01. The molecule has 2 aliphatic rings. The Labute approximate surface area is 156 Å². The van der Waals surface area contributed by atoms with Gasteiger partial charge in [-0.2, -0.15) is 0 Å². The van der Waals surface area contributed by atoms with Gasteiger partial charge in [0, 0.05) is 30.5 Å². The number of piperidine rings is 1. The summed E-state index contributed by atoms with van der Waals surface area (Å²) in [6.07, 6.45) is 1.61. The van der Waals surface area contributed by atoms with E-state index in [0.717, 1.165) is 5.39 Å². The Balaban J connectivity index is 1.56. The summed E-state index contributed by atoms with van der Waals surface area (Å²) < 4.78 is 16.4. The first-order chi connectivity index (χ1) is 13.0. The molecule has 0 spiro atoms. The number of fused-ring (bicyclic) bond motifs is 2. The lowest BCUT2D eigenvalue weighted by atomic mass is 10.1.